The lowest BCUT2D eigenvalue weighted by Crippen LogP contribution is -2.36. The number of aldehydes is 1. The highest BCUT2D eigenvalue weighted by Crippen LogP contribution is 2.05. The Labute approximate surface area is 153 Å². The molecule has 6 heteroatoms. The Bertz CT molecular complexity index is 372. The zero-order chi connectivity index (χ0) is 19.8. The van der Waals surface area contributed by atoms with Gasteiger partial charge in [0.05, 0.1) is 6.10 Å². The van der Waals surface area contributed by atoms with E-state index >= 15 is 0 Å². The second-order valence-corrected chi connectivity index (χ2v) is 6.49. The fraction of sp³-hybridized carbons (Fsp3) is 0.842. The molecule has 0 rings (SSSR count). The molecule has 148 valence electrons. The summed E-state index contributed by atoms with van der Waals surface area (Å²) in [7, 11) is 1.65. The van der Waals surface area contributed by atoms with Gasteiger partial charge in [0.2, 0.25) is 11.8 Å². The maximum atomic E-state index is 11.9. The second kappa shape index (κ2) is 16.1. The second-order valence-electron chi connectivity index (χ2n) is 6.49. The van der Waals surface area contributed by atoms with Crippen molar-refractivity contribution in [2.75, 3.05) is 26.7 Å². The van der Waals surface area contributed by atoms with Crippen molar-refractivity contribution in [3.63, 3.8) is 0 Å². The Balaban J connectivity index is 0. The fourth-order valence-electron chi connectivity index (χ4n) is 1.94. The lowest BCUT2D eigenvalue weighted by molar-refractivity contribution is -0.135. The molecule has 0 fully saturated rings. The summed E-state index contributed by atoms with van der Waals surface area (Å²) in [5.41, 5.74) is 0. The van der Waals surface area contributed by atoms with Gasteiger partial charge >= 0.3 is 0 Å². The molecule has 0 saturated carbocycles. The van der Waals surface area contributed by atoms with E-state index in [1.807, 2.05) is 20.8 Å². The molecule has 0 spiro atoms. The molecule has 2 atom stereocenters. The van der Waals surface area contributed by atoms with Crippen LogP contribution in [0.4, 0.5) is 0 Å². The average molecular weight is 359 g/mol. The van der Waals surface area contributed by atoms with E-state index in [1.54, 1.807) is 14.0 Å². The molecule has 0 aliphatic carbocycles. The number of rotatable bonds is 12. The maximum absolute atomic E-state index is 11.9. The normalized spacial score (nSPS) is 12.6. The van der Waals surface area contributed by atoms with E-state index in [-0.39, 0.29) is 36.7 Å². The third-order valence-electron chi connectivity index (χ3n) is 3.51. The topological polar surface area (TPSA) is 75.7 Å². The molecule has 1 N–H and O–H groups in total. The van der Waals surface area contributed by atoms with E-state index in [2.05, 4.69) is 19.2 Å². The summed E-state index contributed by atoms with van der Waals surface area (Å²) in [6, 6.07) is 0. The zero-order valence-electron chi connectivity index (χ0n) is 17.1. The first-order valence-electron chi connectivity index (χ1n) is 9.34. The maximum Gasteiger partial charge on any atom is 0.225 e. The van der Waals surface area contributed by atoms with Gasteiger partial charge in [-0.05, 0) is 19.3 Å². The number of carbonyl (C=O) groups is 3. The van der Waals surface area contributed by atoms with Crippen LogP contribution in [0.1, 0.15) is 60.8 Å². The largest absolute Gasteiger partial charge is 0.378 e. The number of hydrogen-bond acceptors (Lipinski definition) is 4. The molecule has 6 nitrogen and oxygen atoms in total. The summed E-state index contributed by atoms with van der Waals surface area (Å²) in [5, 5.41) is 2.84. The van der Waals surface area contributed by atoms with E-state index in [9.17, 15) is 14.4 Å². The monoisotopic (exact) mass is 358 g/mol. The quantitative estimate of drug-likeness (QED) is 0.544. The molecule has 0 aromatic rings. The van der Waals surface area contributed by atoms with Crippen molar-refractivity contribution in [1.29, 1.82) is 0 Å². The Morgan fingerprint density at radius 3 is 2.28 bits per heavy atom. The van der Waals surface area contributed by atoms with Gasteiger partial charge in [-0.2, -0.15) is 0 Å². The molecule has 2 amide bonds. The molecule has 0 bridgehead atoms. The first-order chi connectivity index (χ1) is 11.8. The van der Waals surface area contributed by atoms with E-state index in [1.165, 1.54) is 4.90 Å². The molecule has 25 heavy (non-hydrogen) atoms. The molecule has 0 aromatic carbocycles. The summed E-state index contributed by atoms with van der Waals surface area (Å²) in [5.74, 6) is -0.0226. The minimum absolute atomic E-state index is 0.0799. The number of nitrogens with zero attached hydrogens (tertiary/aromatic N) is 1. The van der Waals surface area contributed by atoms with Crippen molar-refractivity contribution >= 4 is 18.1 Å². The molecule has 0 heterocycles. The van der Waals surface area contributed by atoms with Crippen molar-refractivity contribution in [3.8, 4) is 0 Å². The van der Waals surface area contributed by atoms with Gasteiger partial charge in [0.1, 0.15) is 6.29 Å². The highest BCUT2D eigenvalue weighted by Gasteiger charge is 2.17. The lowest BCUT2D eigenvalue weighted by atomic mass is 10.1. The van der Waals surface area contributed by atoms with Crippen LogP contribution < -0.4 is 5.32 Å². The first kappa shape index (κ1) is 25.8. The molecular weight excluding hydrogens is 320 g/mol. The minimum atomic E-state index is -0.334. The number of amides is 2. The lowest BCUT2D eigenvalue weighted by Gasteiger charge is -2.20. The third-order valence-corrected chi connectivity index (χ3v) is 3.51. The van der Waals surface area contributed by atoms with Gasteiger partial charge in [0.15, 0.2) is 0 Å². The summed E-state index contributed by atoms with van der Waals surface area (Å²) in [6.45, 7) is 13.6. The van der Waals surface area contributed by atoms with Crippen LogP contribution in [0, 0.1) is 11.8 Å². The van der Waals surface area contributed by atoms with Crippen molar-refractivity contribution in [3.05, 3.63) is 0 Å². The Morgan fingerprint density at radius 2 is 1.76 bits per heavy atom. The molecule has 0 aromatic heterocycles. The smallest absolute Gasteiger partial charge is 0.225 e. The molecule has 2 unspecified atom stereocenters. The highest BCUT2D eigenvalue weighted by atomic mass is 16.5. The van der Waals surface area contributed by atoms with Crippen molar-refractivity contribution < 1.29 is 19.1 Å². The van der Waals surface area contributed by atoms with Crippen LogP contribution in [-0.2, 0) is 19.1 Å². The van der Waals surface area contributed by atoms with Crippen LogP contribution in [0.3, 0.4) is 0 Å². The predicted molar refractivity (Wildman–Crippen MR) is 101 cm³/mol. The van der Waals surface area contributed by atoms with Gasteiger partial charge in [-0.1, -0.05) is 34.6 Å². The van der Waals surface area contributed by atoms with Crippen molar-refractivity contribution in [1.82, 2.24) is 10.2 Å². The van der Waals surface area contributed by atoms with Gasteiger partial charge in [-0.15, -0.1) is 0 Å². The zero-order valence-corrected chi connectivity index (χ0v) is 17.1. The predicted octanol–water partition coefficient (Wildman–Crippen LogP) is 2.65. The van der Waals surface area contributed by atoms with Gasteiger partial charge in [-0.3, -0.25) is 9.59 Å². The van der Waals surface area contributed by atoms with Gasteiger partial charge in [0, 0.05) is 45.5 Å². The van der Waals surface area contributed by atoms with E-state index < -0.39 is 0 Å². The van der Waals surface area contributed by atoms with Crippen LogP contribution >= 0.6 is 0 Å². The standard InChI is InChI=1S/C17H32N2O4.C2H6/c1-13(2)12-23-15(4)6-9-18-16(21)7-10-19(5)17(22)14(3)8-11-20;1-2/h11,13-15H,6-10,12H2,1-5H3,(H,18,21);1-2H3. The van der Waals surface area contributed by atoms with Crippen LogP contribution in [-0.4, -0.2) is 55.8 Å². The van der Waals surface area contributed by atoms with Gasteiger partial charge < -0.3 is 19.7 Å². The van der Waals surface area contributed by atoms with Crippen LogP contribution in [0.2, 0.25) is 0 Å². The summed E-state index contributed by atoms with van der Waals surface area (Å²) < 4.78 is 5.63. The first-order valence-corrected chi connectivity index (χ1v) is 9.34. The number of ether oxygens (including phenoxy) is 1. The number of carbonyl (C=O) groups excluding carboxylic acids is 3. The van der Waals surface area contributed by atoms with Gasteiger partial charge in [0.25, 0.3) is 0 Å². The molecule has 0 aliphatic rings. The van der Waals surface area contributed by atoms with Crippen molar-refractivity contribution in [2.45, 2.75) is 66.9 Å². The highest BCUT2D eigenvalue weighted by molar-refractivity contribution is 5.81. The van der Waals surface area contributed by atoms with Crippen LogP contribution in [0.25, 0.3) is 0 Å². The Kier molecular flexibility index (Phi) is 16.6. The van der Waals surface area contributed by atoms with E-state index in [4.69, 9.17) is 4.74 Å². The molecule has 0 radical (unpaired) electrons. The van der Waals surface area contributed by atoms with Gasteiger partial charge in [-0.25, -0.2) is 0 Å². The van der Waals surface area contributed by atoms with Crippen LogP contribution in [0.15, 0.2) is 0 Å². The van der Waals surface area contributed by atoms with E-state index in [0.29, 0.717) is 19.0 Å². The average Bonchev–Trinajstić information content (AvgIpc) is 2.59. The number of hydrogen-bond donors (Lipinski definition) is 1. The minimum Gasteiger partial charge on any atom is -0.378 e. The molecule has 0 saturated heterocycles. The molecular formula is C19H38N2O4. The summed E-state index contributed by atoms with van der Waals surface area (Å²) >= 11 is 0. The third kappa shape index (κ3) is 14.6. The summed E-state index contributed by atoms with van der Waals surface area (Å²) in [4.78, 5) is 35.6. The SMILES string of the molecule is CC.CC(C)COC(C)CCNC(=O)CCN(C)C(=O)C(C)CC=O. The Morgan fingerprint density at radius 1 is 1.16 bits per heavy atom. The fourth-order valence-corrected chi connectivity index (χ4v) is 1.94. The van der Waals surface area contributed by atoms with E-state index in [0.717, 1.165) is 19.3 Å². The summed E-state index contributed by atoms with van der Waals surface area (Å²) in [6.07, 6.45) is 2.10. The Hall–Kier alpha value is -1.43. The number of nitrogens with one attached hydrogen (secondary N) is 1. The molecule has 0 aliphatic heterocycles. The van der Waals surface area contributed by atoms with Crippen LogP contribution in [0.5, 0.6) is 0 Å². The van der Waals surface area contributed by atoms with Crippen molar-refractivity contribution in [2.24, 2.45) is 11.8 Å².